The Labute approximate surface area is 790 Å². The van der Waals surface area contributed by atoms with Crippen LogP contribution in [0.1, 0.15) is 170 Å². The lowest BCUT2D eigenvalue weighted by atomic mass is 10.1. The van der Waals surface area contributed by atoms with Crippen LogP contribution in [0.25, 0.3) is 55.2 Å². The molecule has 4 aromatic carbocycles. The van der Waals surface area contributed by atoms with E-state index in [1.54, 1.807) is 141 Å². The molecule has 10 aromatic heterocycles. The first-order valence-electron chi connectivity index (χ1n) is 44.5. The number of ether oxygens (including phenoxy) is 7. The number of aliphatic hydroxyl groups is 5. The fraction of sp³-hybridized carbons (Fsp3) is 0.374. The number of carboxylic acid groups (broad SMARTS) is 1. The maximum atomic E-state index is 12.6. The molecule has 14 aromatic rings. The van der Waals surface area contributed by atoms with Crippen molar-refractivity contribution in [2.75, 3.05) is 54.3 Å². The first-order valence-corrected chi connectivity index (χ1v) is 44.5. The third-order valence-electron chi connectivity index (χ3n) is 22.9. The summed E-state index contributed by atoms with van der Waals surface area (Å²) >= 11 is 0. The topological polar surface area (TPSA) is 653 Å². The monoisotopic (exact) mass is 1910 g/mol. The number of nitrogens with zero attached hydrogens (tertiary/aromatic N) is 20. The molecule has 5 saturated heterocycles. The van der Waals surface area contributed by atoms with E-state index in [1.165, 1.54) is 56.6 Å². The van der Waals surface area contributed by atoms with Gasteiger partial charge in [-0.25, -0.2) is 73.2 Å². The minimum atomic E-state index is -1.06. The molecule has 0 spiro atoms. The molecule has 15 atom stereocenters. The number of aliphatic carboxylic acids is 1. The Hall–Kier alpha value is -15.3. The number of nitrogens with two attached hydrogens (primary N) is 2. The van der Waals surface area contributed by atoms with Crippen LogP contribution in [0, 0.1) is 0 Å². The second kappa shape index (κ2) is 47.0. The van der Waals surface area contributed by atoms with Gasteiger partial charge in [0.1, 0.15) is 85.1 Å². The van der Waals surface area contributed by atoms with Crippen molar-refractivity contribution in [3.05, 3.63) is 206 Å². The molecule has 0 unspecified atom stereocenters. The summed E-state index contributed by atoms with van der Waals surface area (Å²) in [5, 5.41) is 94.8. The lowest BCUT2D eigenvalue weighted by Crippen LogP contribution is -2.27. The molecule has 0 aliphatic carbocycles. The van der Waals surface area contributed by atoms with Crippen molar-refractivity contribution in [1.29, 1.82) is 0 Å². The van der Waals surface area contributed by atoms with Gasteiger partial charge in [0.05, 0.1) is 127 Å². The van der Waals surface area contributed by atoms with Crippen LogP contribution in [0.4, 0.5) is 29.1 Å². The molecule has 48 heteroatoms. The molecular weight excluding hydrogens is 1810 g/mol. The van der Waals surface area contributed by atoms with E-state index in [0.717, 1.165) is 6.42 Å². The number of esters is 2. The zero-order chi connectivity index (χ0) is 98.3. The minimum absolute atomic E-state index is 0.000325. The highest BCUT2D eigenvalue weighted by atomic mass is 16.6. The average Bonchev–Trinajstić information content (AvgIpc) is 1.64. The molecule has 5 amide bonds. The molecular formula is C91H103N27O21. The zero-order valence-corrected chi connectivity index (χ0v) is 75.8. The number of nitrogen functional groups attached to an aromatic ring is 1. The maximum absolute atomic E-state index is 12.6. The number of rotatable bonds is 26. The van der Waals surface area contributed by atoms with Crippen LogP contribution >= 0.6 is 0 Å². The van der Waals surface area contributed by atoms with Crippen LogP contribution in [-0.4, -0.2) is 265 Å². The highest BCUT2D eigenvalue weighted by Gasteiger charge is 2.43. The number of benzene rings is 4. The molecule has 0 bridgehead atoms. The molecule has 5 fully saturated rings. The smallest absolute Gasteiger partial charge is 0.306 e. The Kier molecular flexibility index (Phi) is 33.7. The molecule has 728 valence electrons. The maximum Gasteiger partial charge on any atom is 0.306 e. The molecule has 0 radical (unpaired) electrons. The Morgan fingerprint density at radius 3 is 0.914 bits per heavy atom. The number of hydrogen-bond acceptors (Lipinski definition) is 37. The second-order valence-electron chi connectivity index (χ2n) is 31.8. The summed E-state index contributed by atoms with van der Waals surface area (Å²) in [6.45, 7) is 5.32. The summed E-state index contributed by atoms with van der Waals surface area (Å²) in [6.07, 6.45) is 10.3. The molecule has 15 heterocycles. The van der Waals surface area contributed by atoms with E-state index in [2.05, 4.69) is 108 Å². The first kappa shape index (κ1) is 99.7. The Morgan fingerprint density at radius 1 is 0.367 bits per heavy atom. The lowest BCUT2D eigenvalue weighted by molar-refractivity contribution is -0.154. The number of fused-ring (bicyclic) bond motifs is 5. The molecule has 19 rings (SSSR count). The number of hydrogen-bond donors (Lipinski definition) is 13. The van der Waals surface area contributed by atoms with Crippen molar-refractivity contribution in [1.82, 2.24) is 104 Å². The highest BCUT2D eigenvalue weighted by Crippen LogP contribution is 2.40. The number of carboxylic acids is 1. The number of carbonyl (C=O) groups is 8. The van der Waals surface area contributed by atoms with Gasteiger partial charge in [-0.3, -0.25) is 38.4 Å². The van der Waals surface area contributed by atoms with Crippen molar-refractivity contribution < 1.29 is 102 Å². The van der Waals surface area contributed by atoms with Gasteiger partial charge in [-0.05, 0) is 74.8 Å². The van der Waals surface area contributed by atoms with Gasteiger partial charge < -0.3 is 102 Å². The van der Waals surface area contributed by atoms with Crippen molar-refractivity contribution >= 4 is 132 Å². The summed E-state index contributed by atoms with van der Waals surface area (Å²) < 4.78 is 48.1. The normalized spacial score (nSPS) is 21.7. The summed E-state index contributed by atoms with van der Waals surface area (Å²) in [6, 6.07) is 35.3. The van der Waals surface area contributed by atoms with Crippen LogP contribution in [0.5, 0.6) is 0 Å². The molecule has 139 heavy (non-hydrogen) atoms. The highest BCUT2D eigenvalue weighted by molar-refractivity contribution is 6.10. The SMILES string of the molecule is CC[C@H]1O[C@@H](n2ncc3c(NC(=O)c4ccccc4)ncnc32)C[C@H]1O.CC[C@H]1O[C@@H](n2ncc3c(NC(=O)c4ccccc4)ncnc32)C[C@H]1OC(=O)CCC(=O)NC.CC[C@H]1O[C@@H](n2ncc3c(NC(=O)c4ccccc4)ncnc32)C[C@H]1OC(=O)CCC(=O)O.CN.Nc1ncnc2c1cnn2[C@H]1C[C@@H](O)[C@@H](CO)O1.O=C(Nc1ncnc2c1cnn2[C@H]1C[C@@H](O)[C@@H](CO)O1)c1ccccc1. The Morgan fingerprint density at radius 2 is 0.633 bits per heavy atom. The van der Waals surface area contributed by atoms with Gasteiger partial charge >= 0.3 is 17.9 Å². The van der Waals surface area contributed by atoms with Crippen LogP contribution in [0.15, 0.2) is 184 Å². The van der Waals surface area contributed by atoms with E-state index >= 15 is 0 Å². The predicted octanol–water partition coefficient (Wildman–Crippen LogP) is 6.25. The van der Waals surface area contributed by atoms with Gasteiger partial charge in [-0.1, -0.05) is 93.6 Å². The number of nitrogens with one attached hydrogen (secondary N) is 5. The zero-order valence-electron chi connectivity index (χ0n) is 75.8. The lowest BCUT2D eigenvalue weighted by Gasteiger charge is -2.17. The molecule has 0 saturated carbocycles. The largest absolute Gasteiger partial charge is 0.481 e. The van der Waals surface area contributed by atoms with Crippen LogP contribution in [0.2, 0.25) is 0 Å². The van der Waals surface area contributed by atoms with Crippen molar-refractivity contribution in [3.63, 3.8) is 0 Å². The van der Waals surface area contributed by atoms with Gasteiger partial charge in [0.15, 0.2) is 59.4 Å². The molecule has 5 aliphatic heterocycles. The van der Waals surface area contributed by atoms with Gasteiger partial charge in [0, 0.05) is 67.8 Å². The van der Waals surface area contributed by atoms with E-state index in [-0.39, 0.29) is 99.4 Å². The molecule has 15 N–H and O–H groups in total. The quantitative estimate of drug-likeness (QED) is 0.0266. The fourth-order valence-electron chi connectivity index (χ4n) is 15.8. The summed E-state index contributed by atoms with van der Waals surface area (Å²) in [7, 11) is 3.02. The molecule has 48 nitrogen and oxygen atoms in total. The number of aromatic nitrogens is 20. The standard InChI is InChI=1S/C23H26N6O5.C22H23N5O6.C18H19N5O3.C17H17N5O4.C10H13N5O3.CH5N/c1-3-16-17(34-20(31)10-9-18(30)24-2)11-19(33-16)29-22-15(12-27-29)21(25-13-26-22)28-23(32)14-7-5-4-6-8-14;1-2-15-16(33-19(30)9-8-18(28)29)10-17(32-15)27-21-14(11-25-27)20(23-12-24-21)26-22(31)13-6-4-3-5-7-13;1-2-14-13(24)8-15(26-14)23-17-12(9-21-23)16(19-10-20-17)22-18(25)11-6-4-3-5-7-11;23-8-13-12(24)6-14(26-13)22-16-11(7-20-22)15(18-9-19-16)21-17(25)10-4-2-1-3-5-10;11-9-5-2-14-15(10(5)13-4-12-9)8-1-6(17)7(3-16)18-8;1-2/h4-8,12-13,16-17,19H,3,9-11H2,1-2H3,(H,24,30)(H,25,26,28,32);3-7,11-12,15-17H,2,8-10H2,1H3,(H,28,29)(H,23,24,26,31);3-7,9-10,13-15,24H,2,8H2,1H3,(H,19,20,22,25);1-5,7,9,12-14,23-24H,6,8H2,(H,18,19,21,25);2,4,6-8,16-17H,1,3H2,(H2,11,12,13);2H2,1H3/t16-,17-,19-;15-,16-,17-;13-,14-,15-;12-,13-,14-;6-,7-,8-;/m11111./s1. The number of carbonyl (C=O) groups excluding carboxylic acids is 7. The third-order valence-corrected chi connectivity index (χ3v) is 22.9. The summed E-state index contributed by atoms with van der Waals surface area (Å²) in [4.78, 5) is 138. The van der Waals surface area contributed by atoms with E-state index in [1.807, 2.05) is 45.0 Å². The van der Waals surface area contributed by atoms with Gasteiger partial charge in [-0.2, -0.15) is 25.5 Å². The van der Waals surface area contributed by atoms with Crippen molar-refractivity contribution in [2.24, 2.45) is 5.73 Å². The number of amides is 5. The van der Waals surface area contributed by atoms with E-state index < -0.39 is 85.5 Å². The van der Waals surface area contributed by atoms with Crippen LogP contribution < -0.4 is 38.1 Å². The minimum Gasteiger partial charge on any atom is -0.481 e. The summed E-state index contributed by atoms with van der Waals surface area (Å²) in [5.74, 6) is -1.70. The van der Waals surface area contributed by atoms with Gasteiger partial charge in [0.25, 0.3) is 23.6 Å². The number of aliphatic hydroxyl groups excluding tert-OH is 5. The number of anilines is 5. The average molecular weight is 1910 g/mol. The first-order chi connectivity index (χ1) is 67.5. The Bertz CT molecular complexity index is 6410. The van der Waals surface area contributed by atoms with Gasteiger partial charge in [0.2, 0.25) is 5.91 Å². The van der Waals surface area contributed by atoms with E-state index in [0.29, 0.717) is 145 Å². The Balaban J connectivity index is 0.000000140. The van der Waals surface area contributed by atoms with Crippen molar-refractivity contribution in [2.45, 2.75) is 190 Å². The van der Waals surface area contributed by atoms with E-state index in [9.17, 15) is 58.8 Å². The van der Waals surface area contributed by atoms with Crippen LogP contribution in [-0.2, 0) is 52.3 Å². The van der Waals surface area contributed by atoms with E-state index in [4.69, 9.17) is 49.1 Å². The third kappa shape index (κ3) is 23.9. The van der Waals surface area contributed by atoms with Gasteiger partial charge in [-0.15, -0.1) is 0 Å². The second-order valence-corrected chi connectivity index (χ2v) is 31.8. The van der Waals surface area contributed by atoms with Crippen LogP contribution in [0.3, 0.4) is 0 Å². The molecule has 5 aliphatic rings. The van der Waals surface area contributed by atoms with Crippen molar-refractivity contribution in [3.8, 4) is 0 Å². The fourth-order valence-corrected chi connectivity index (χ4v) is 15.8. The predicted molar refractivity (Wildman–Crippen MR) is 494 cm³/mol. The summed E-state index contributed by atoms with van der Waals surface area (Å²) in [5.41, 5.74) is 14.8.